The van der Waals surface area contributed by atoms with Gasteiger partial charge >= 0.3 is 0 Å². The van der Waals surface area contributed by atoms with Crippen LogP contribution in [-0.2, 0) is 5.75 Å². The molecule has 90 valence electrons. The van der Waals surface area contributed by atoms with Crippen molar-refractivity contribution in [2.45, 2.75) is 24.9 Å². The Hall–Kier alpha value is -1.00. The van der Waals surface area contributed by atoms with Crippen molar-refractivity contribution in [3.05, 3.63) is 46.6 Å². The van der Waals surface area contributed by atoms with Crippen molar-refractivity contribution >= 4 is 23.4 Å². The summed E-state index contributed by atoms with van der Waals surface area (Å²) in [6, 6.07) is 7.87. The first-order chi connectivity index (χ1) is 8.15. The van der Waals surface area contributed by atoms with E-state index >= 15 is 0 Å². The van der Waals surface area contributed by atoms with Crippen LogP contribution in [0.5, 0.6) is 0 Å². The molecule has 0 bridgehead atoms. The molecule has 0 aliphatic carbocycles. The zero-order valence-corrected chi connectivity index (χ0v) is 11.3. The highest BCUT2D eigenvalue weighted by atomic mass is 35.5. The molecule has 0 saturated heterocycles. The first kappa shape index (κ1) is 12.5. The molecule has 0 N–H and O–H groups in total. The molecule has 0 radical (unpaired) electrons. The number of rotatable bonds is 4. The van der Waals surface area contributed by atoms with Crippen LogP contribution in [0.3, 0.4) is 0 Å². The maximum absolute atomic E-state index is 5.93. The lowest BCUT2D eigenvalue weighted by Crippen LogP contribution is -1.90. The molecule has 1 atom stereocenters. The molecule has 2 aromatic rings. The summed E-state index contributed by atoms with van der Waals surface area (Å²) < 4.78 is 5.13. The van der Waals surface area contributed by atoms with Crippen molar-refractivity contribution in [2.24, 2.45) is 0 Å². The number of hydrogen-bond donors (Lipinski definition) is 0. The minimum Gasteiger partial charge on any atom is -0.338 e. The second kappa shape index (κ2) is 5.56. The van der Waals surface area contributed by atoms with Crippen LogP contribution in [0.25, 0.3) is 0 Å². The van der Waals surface area contributed by atoms with E-state index in [4.69, 9.17) is 16.1 Å². The molecule has 3 nitrogen and oxygen atoms in total. The highest BCUT2D eigenvalue weighted by Gasteiger charge is 2.13. The van der Waals surface area contributed by atoms with Crippen LogP contribution in [0.2, 0.25) is 5.02 Å². The topological polar surface area (TPSA) is 38.9 Å². The standard InChI is InChI=1S/C12H13ClN2OS/c1-8(12-14-9(2)15-16-12)17-7-10-4-3-5-11(13)6-10/h3-6,8H,7H2,1-2H3/t8-/m0/s1. The first-order valence-electron chi connectivity index (χ1n) is 5.31. The number of halogens is 1. The normalized spacial score (nSPS) is 12.6. The fraction of sp³-hybridized carbons (Fsp3) is 0.333. The predicted molar refractivity (Wildman–Crippen MR) is 70.2 cm³/mol. The van der Waals surface area contributed by atoms with E-state index < -0.39 is 0 Å². The Morgan fingerprint density at radius 1 is 1.47 bits per heavy atom. The second-order valence-electron chi connectivity index (χ2n) is 3.76. The van der Waals surface area contributed by atoms with Crippen molar-refractivity contribution in [1.82, 2.24) is 10.1 Å². The van der Waals surface area contributed by atoms with Gasteiger partial charge in [-0.1, -0.05) is 28.9 Å². The van der Waals surface area contributed by atoms with Crippen LogP contribution >= 0.6 is 23.4 Å². The van der Waals surface area contributed by atoms with Gasteiger partial charge in [-0.15, -0.1) is 11.8 Å². The maximum Gasteiger partial charge on any atom is 0.239 e. The van der Waals surface area contributed by atoms with Gasteiger partial charge in [0.25, 0.3) is 0 Å². The Balaban J connectivity index is 1.94. The monoisotopic (exact) mass is 268 g/mol. The summed E-state index contributed by atoms with van der Waals surface area (Å²) >= 11 is 7.68. The third kappa shape index (κ3) is 3.48. The van der Waals surface area contributed by atoms with Gasteiger partial charge in [0.15, 0.2) is 5.82 Å². The van der Waals surface area contributed by atoms with Gasteiger partial charge in [-0.25, -0.2) is 0 Å². The highest BCUT2D eigenvalue weighted by Crippen LogP contribution is 2.30. The SMILES string of the molecule is Cc1noc([C@H](C)SCc2cccc(Cl)c2)n1. The first-order valence-corrected chi connectivity index (χ1v) is 6.74. The average Bonchev–Trinajstić information content (AvgIpc) is 2.73. The largest absolute Gasteiger partial charge is 0.338 e. The Bertz CT molecular complexity index is 501. The third-order valence-corrected chi connectivity index (χ3v) is 3.72. The number of thioether (sulfide) groups is 1. The van der Waals surface area contributed by atoms with E-state index in [-0.39, 0.29) is 5.25 Å². The molecule has 0 saturated carbocycles. The van der Waals surface area contributed by atoms with Gasteiger partial charge < -0.3 is 4.52 Å². The predicted octanol–water partition coefficient (Wildman–Crippen LogP) is 4.03. The molecule has 17 heavy (non-hydrogen) atoms. The van der Waals surface area contributed by atoms with E-state index in [9.17, 15) is 0 Å². The molecular formula is C12H13ClN2OS. The minimum atomic E-state index is 0.190. The summed E-state index contributed by atoms with van der Waals surface area (Å²) in [6.07, 6.45) is 0. The molecule has 2 rings (SSSR count). The molecule has 0 unspecified atom stereocenters. The molecule has 1 aromatic heterocycles. The van der Waals surface area contributed by atoms with Gasteiger partial charge in [0, 0.05) is 10.8 Å². The summed E-state index contributed by atoms with van der Waals surface area (Å²) in [7, 11) is 0. The molecule has 0 aliphatic heterocycles. The van der Waals surface area contributed by atoms with Crippen LogP contribution in [0.4, 0.5) is 0 Å². The summed E-state index contributed by atoms with van der Waals surface area (Å²) in [4.78, 5) is 4.22. The summed E-state index contributed by atoms with van der Waals surface area (Å²) in [5, 5.41) is 4.74. The van der Waals surface area contributed by atoms with Crippen molar-refractivity contribution < 1.29 is 4.52 Å². The van der Waals surface area contributed by atoms with E-state index in [2.05, 4.69) is 23.1 Å². The van der Waals surface area contributed by atoms with E-state index in [0.29, 0.717) is 11.7 Å². The lowest BCUT2D eigenvalue weighted by molar-refractivity contribution is 0.376. The molecule has 0 aliphatic rings. The van der Waals surface area contributed by atoms with Crippen molar-refractivity contribution in [3.63, 3.8) is 0 Å². The van der Waals surface area contributed by atoms with Gasteiger partial charge in [-0.2, -0.15) is 4.98 Å². The molecule has 1 heterocycles. The lowest BCUT2D eigenvalue weighted by atomic mass is 10.2. The lowest BCUT2D eigenvalue weighted by Gasteiger charge is -2.06. The fourth-order valence-corrected chi connectivity index (χ4v) is 2.47. The quantitative estimate of drug-likeness (QED) is 0.839. The Morgan fingerprint density at radius 2 is 2.29 bits per heavy atom. The second-order valence-corrected chi connectivity index (χ2v) is 5.53. The van der Waals surface area contributed by atoms with E-state index in [0.717, 1.165) is 10.8 Å². The van der Waals surface area contributed by atoms with Gasteiger partial charge in [0.1, 0.15) is 0 Å². The van der Waals surface area contributed by atoms with Crippen LogP contribution in [0, 0.1) is 6.92 Å². The van der Waals surface area contributed by atoms with Gasteiger partial charge in [-0.05, 0) is 31.5 Å². The maximum atomic E-state index is 5.93. The Labute approximate surface area is 110 Å². The van der Waals surface area contributed by atoms with Crippen LogP contribution in [0.15, 0.2) is 28.8 Å². The summed E-state index contributed by atoms with van der Waals surface area (Å²) in [6.45, 7) is 3.88. The van der Waals surface area contributed by atoms with Crippen LogP contribution in [0.1, 0.15) is 29.5 Å². The van der Waals surface area contributed by atoms with Gasteiger partial charge in [0.05, 0.1) is 5.25 Å². The minimum absolute atomic E-state index is 0.190. The molecule has 0 spiro atoms. The van der Waals surface area contributed by atoms with Gasteiger partial charge in [0.2, 0.25) is 5.89 Å². The van der Waals surface area contributed by atoms with Crippen molar-refractivity contribution in [2.75, 3.05) is 0 Å². The molecular weight excluding hydrogens is 256 g/mol. The fourth-order valence-electron chi connectivity index (χ4n) is 1.40. The zero-order valence-electron chi connectivity index (χ0n) is 9.68. The number of benzene rings is 1. The van der Waals surface area contributed by atoms with Crippen molar-refractivity contribution in [3.8, 4) is 0 Å². The molecule has 0 fully saturated rings. The average molecular weight is 269 g/mol. The summed E-state index contributed by atoms with van der Waals surface area (Å²) in [5.74, 6) is 2.23. The smallest absolute Gasteiger partial charge is 0.239 e. The number of aryl methyl sites for hydroxylation is 1. The summed E-state index contributed by atoms with van der Waals surface area (Å²) in [5.41, 5.74) is 1.20. The zero-order chi connectivity index (χ0) is 12.3. The molecule has 0 amide bonds. The van der Waals surface area contributed by atoms with E-state index in [1.165, 1.54) is 5.56 Å². The number of hydrogen-bond acceptors (Lipinski definition) is 4. The number of nitrogens with zero attached hydrogens (tertiary/aromatic N) is 2. The molecule has 1 aromatic carbocycles. The van der Waals surface area contributed by atoms with E-state index in [1.807, 2.05) is 25.1 Å². The van der Waals surface area contributed by atoms with Crippen molar-refractivity contribution in [1.29, 1.82) is 0 Å². The third-order valence-electron chi connectivity index (χ3n) is 2.28. The Kier molecular flexibility index (Phi) is 4.07. The van der Waals surface area contributed by atoms with Crippen LogP contribution in [-0.4, -0.2) is 10.1 Å². The van der Waals surface area contributed by atoms with Gasteiger partial charge in [-0.3, -0.25) is 0 Å². The number of aromatic nitrogens is 2. The van der Waals surface area contributed by atoms with Crippen LogP contribution < -0.4 is 0 Å². The highest BCUT2D eigenvalue weighted by molar-refractivity contribution is 7.98. The van der Waals surface area contributed by atoms with E-state index in [1.54, 1.807) is 11.8 Å². The molecule has 5 heteroatoms. The Morgan fingerprint density at radius 3 is 2.94 bits per heavy atom.